The first-order valence-corrected chi connectivity index (χ1v) is 7.24. The van der Waals surface area contributed by atoms with Crippen LogP contribution >= 0.6 is 0 Å². The topological polar surface area (TPSA) is 38.0 Å². The molecule has 3 N–H and O–H groups in total. The first-order chi connectivity index (χ1) is 9.55. The summed E-state index contributed by atoms with van der Waals surface area (Å²) in [5.41, 5.74) is 12.4. The van der Waals surface area contributed by atoms with Gasteiger partial charge in [-0.25, -0.2) is 0 Å². The van der Waals surface area contributed by atoms with Gasteiger partial charge in [0.25, 0.3) is 0 Å². The molecule has 1 aliphatic carbocycles. The number of rotatable bonds is 3. The summed E-state index contributed by atoms with van der Waals surface area (Å²) in [6.07, 6.45) is 2.36. The Balaban J connectivity index is 1.79. The molecule has 3 rings (SSSR count). The lowest BCUT2D eigenvalue weighted by molar-refractivity contribution is 0.392. The fourth-order valence-electron chi connectivity index (χ4n) is 3.03. The van der Waals surface area contributed by atoms with Gasteiger partial charge in [0.05, 0.1) is 0 Å². The maximum atomic E-state index is 5.62. The quantitative estimate of drug-likeness (QED) is 0.880. The van der Waals surface area contributed by atoms with E-state index in [1.165, 1.54) is 29.7 Å². The molecule has 1 aliphatic rings. The van der Waals surface area contributed by atoms with Crippen LogP contribution in [0.15, 0.2) is 42.5 Å². The third-order valence-electron chi connectivity index (χ3n) is 4.02. The Morgan fingerprint density at radius 3 is 2.30 bits per heavy atom. The van der Waals surface area contributed by atoms with Crippen LogP contribution < -0.4 is 11.1 Å². The molecule has 0 heterocycles. The zero-order chi connectivity index (χ0) is 14.2. The molecule has 0 saturated heterocycles. The van der Waals surface area contributed by atoms with Gasteiger partial charge in [0.1, 0.15) is 0 Å². The summed E-state index contributed by atoms with van der Waals surface area (Å²) in [6, 6.07) is 15.0. The first-order valence-electron chi connectivity index (χ1n) is 7.24. The number of hydrogen-bond acceptors (Lipinski definition) is 2. The van der Waals surface area contributed by atoms with E-state index in [0.717, 1.165) is 11.3 Å². The molecule has 0 atom stereocenters. The van der Waals surface area contributed by atoms with Crippen molar-refractivity contribution in [2.75, 3.05) is 5.32 Å². The van der Waals surface area contributed by atoms with Crippen molar-refractivity contribution in [3.63, 3.8) is 0 Å². The largest absolute Gasteiger partial charge is 0.356 e. The lowest BCUT2D eigenvalue weighted by Crippen LogP contribution is -2.09. The second kappa shape index (κ2) is 4.95. The van der Waals surface area contributed by atoms with E-state index >= 15 is 0 Å². The molecule has 20 heavy (non-hydrogen) atoms. The fourth-order valence-corrected chi connectivity index (χ4v) is 3.03. The normalized spacial score (nSPS) is 15.9. The van der Waals surface area contributed by atoms with E-state index in [1.54, 1.807) is 0 Å². The predicted molar refractivity (Wildman–Crippen MR) is 85.2 cm³/mol. The van der Waals surface area contributed by atoms with Crippen LogP contribution in [0.4, 0.5) is 11.4 Å². The van der Waals surface area contributed by atoms with Crippen molar-refractivity contribution in [1.29, 1.82) is 0 Å². The Labute approximate surface area is 121 Å². The van der Waals surface area contributed by atoms with E-state index in [4.69, 9.17) is 5.73 Å². The van der Waals surface area contributed by atoms with E-state index in [1.807, 2.05) is 0 Å². The van der Waals surface area contributed by atoms with E-state index in [-0.39, 0.29) is 0 Å². The summed E-state index contributed by atoms with van der Waals surface area (Å²) < 4.78 is 0. The number of benzene rings is 2. The van der Waals surface area contributed by atoms with Crippen molar-refractivity contribution in [1.82, 2.24) is 0 Å². The average molecular weight is 266 g/mol. The van der Waals surface area contributed by atoms with Crippen LogP contribution in [-0.4, -0.2) is 0 Å². The molecule has 2 aromatic rings. The third kappa shape index (κ3) is 2.70. The maximum absolute atomic E-state index is 5.62. The minimum absolute atomic E-state index is 0.406. The highest BCUT2D eigenvalue weighted by Gasteiger charge is 2.28. The number of nitrogens with one attached hydrogen (secondary N) is 1. The highest BCUT2D eigenvalue weighted by atomic mass is 14.9. The molecule has 2 nitrogen and oxygen atoms in total. The second-order valence-electron chi connectivity index (χ2n) is 6.53. The van der Waals surface area contributed by atoms with Crippen LogP contribution in [-0.2, 0) is 19.4 Å². The van der Waals surface area contributed by atoms with Gasteiger partial charge in [0.2, 0.25) is 0 Å². The Morgan fingerprint density at radius 1 is 0.950 bits per heavy atom. The molecular formula is C18H22N2. The van der Waals surface area contributed by atoms with E-state index in [2.05, 4.69) is 61.6 Å². The van der Waals surface area contributed by atoms with Gasteiger partial charge in [0, 0.05) is 17.9 Å². The van der Waals surface area contributed by atoms with E-state index in [0.29, 0.717) is 12.0 Å². The third-order valence-corrected chi connectivity index (χ3v) is 4.02. The molecule has 2 heteroatoms. The van der Waals surface area contributed by atoms with Gasteiger partial charge >= 0.3 is 0 Å². The van der Waals surface area contributed by atoms with Crippen molar-refractivity contribution >= 4 is 11.4 Å². The Kier molecular flexibility index (Phi) is 3.27. The average Bonchev–Trinajstić information content (AvgIpc) is 2.73. The number of fused-ring (bicyclic) bond motifs is 1. The van der Waals surface area contributed by atoms with Gasteiger partial charge in [0.15, 0.2) is 0 Å². The van der Waals surface area contributed by atoms with Crippen LogP contribution in [0.25, 0.3) is 0 Å². The monoisotopic (exact) mass is 266 g/mol. The van der Waals surface area contributed by atoms with Crippen molar-refractivity contribution < 1.29 is 0 Å². The van der Waals surface area contributed by atoms with Crippen LogP contribution in [0.2, 0.25) is 0 Å². The lowest BCUT2D eigenvalue weighted by Gasteiger charge is -2.14. The lowest BCUT2D eigenvalue weighted by atomic mass is 9.90. The zero-order valence-corrected chi connectivity index (χ0v) is 12.2. The standard InChI is InChI=1S/C18H22N2/c1-18(2)10-14-5-8-17(9-15(14)11-18)20-16-6-3-13(12-19)4-7-16/h3-9,20H,10-12,19H2,1-2H3. The van der Waals surface area contributed by atoms with Gasteiger partial charge in [-0.3, -0.25) is 0 Å². The second-order valence-corrected chi connectivity index (χ2v) is 6.53. The molecule has 0 spiro atoms. The SMILES string of the molecule is CC1(C)Cc2ccc(Nc3ccc(CN)cc3)cc2C1. The van der Waals surface area contributed by atoms with Gasteiger partial charge in [-0.15, -0.1) is 0 Å². The number of hydrogen-bond donors (Lipinski definition) is 2. The summed E-state index contributed by atoms with van der Waals surface area (Å²) in [5, 5.41) is 3.47. The minimum atomic E-state index is 0.406. The van der Waals surface area contributed by atoms with Crippen molar-refractivity contribution in [2.45, 2.75) is 33.2 Å². The molecule has 0 radical (unpaired) electrons. The van der Waals surface area contributed by atoms with E-state index < -0.39 is 0 Å². The Bertz CT molecular complexity index is 612. The molecule has 0 amide bonds. The van der Waals surface area contributed by atoms with Gasteiger partial charge in [-0.2, -0.15) is 0 Å². The van der Waals surface area contributed by atoms with Gasteiger partial charge in [-0.05, 0) is 59.2 Å². The summed E-state index contributed by atoms with van der Waals surface area (Å²) in [6.45, 7) is 5.27. The molecular weight excluding hydrogens is 244 g/mol. The summed E-state index contributed by atoms with van der Waals surface area (Å²) in [7, 11) is 0. The molecule has 0 aromatic heterocycles. The van der Waals surface area contributed by atoms with Gasteiger partial charge in [-0.1, -0.05) is 32.0 Å². The predicted octanol–water partition coefficient (Wildman–Crippen LogP) is 4.01. The molecule has 104 valence electrons. The molecule has 0 fully saturated rings. The Hall–Kier alpha value is -1.80. The molecule has 0 unspecified atom stereocenters. The van der Waals surface area contributed by atoms with Crippen molar-refractivity contribution in [2.24, 2.45) is 11.1 Å². The van der Waals surface area contributed by atoms with Crippen LogP contribution in [0.5, 0.6) is 0 Å². The van der Waals surface area contributed by atoms with Crippen LogP contribution in [0, 0.1) is 5.41 Å². The number of nitrogens with two attached hydrogens (primary N) is 1. The van der Waals surface area contributed by atoms with Gasteiger partial charge < -0.3 is 11.1 Å². The first kappa shape index (κ1) is 13.2. The number of anilines is 2. The van der Waals surface area contributed by atoms with E-state index in [9.17, 15) is 0 Å². The zero-order valence-electron chi connectivity index (χ0n) is 12.2. The molecule has 0 bridgehead atoms. The van der Waals surface area contributed by atoms with Crippen molar-refractivity contribution in [3.8, 4) is 0 Å². The molecule has 0 saturated carbocycles. The molecule has 0 aliphatic heterocycles. The highest BCUT2D eigenvalue weighted by Crippen LogP contribution is 2.37. The summed E-state index contributed by atoms with van der Waals surface area (Å²) in [4.78, 5) is 0. The smallest absolute Gasteiger partial charge is 0.0387 e. The minimum Gasteiger partial charge on any atom is -0.356 e. The summed E-state index contributed by atoms with van der Waals surface area (Å²) in [5.74, 6) is 0. The maximum Gasteiger partial charge on any atom is 0.0387 e. The molecule has 2 aromatic carbocycles. The Morgan fingerprint density at radius 2 is 1.60 bits per heavy atom. The van der Waals surface area contributed by atoms with Crippen molar-refractivity contribution in [3.05, 3.63) is 59.2 Å². The van der Waals surface area contributed by atoms with Crippen LogP contribution in [0.3, 0.4) is 0 Å². The van der Waals surface area contributed by atoms with Crippen LogP contribution in [0.1, 0.15) is 30.5 Å². The highest BCUT2D eigenvalue weighted by molar-refractivity contribution is 5.62. The fraction of sp³-hybridized carbons (Fsp3) is 0.333. The summed E-state index contributed by atoms with van der Waals surface area (Å²) >= 11 is 0.